The summed E-state index contributed by atoms with van der Waals surface area (Å²) in [6.07, 6.45) is 4.85. The van der Waals surface area contributed by atoms with Crippen LogP contribution in [0.4, 0.5) is 0 Å². The molecule has 1 N–H and O–H groups in total. The number of benzene rings is 2. The third kappa shape index (κ3) is 3.99. The Kier molecular flexibility index (Phi) is 5.64. The van der Waals surface area contributed by atoms with Crippen molar-refractivity contribution in [1.82, 2.24) is 24.7 Å². The summed E-state index contributed by atoms with van der Waals surface area (Å²) in [7, 11) is 0. The SMILES string of the molecule is CCc1nc2c(C)cc(C)nc2n1Cc1ccc2c(c1)CCc1ccccc1/C2=C\c1nc(=S)o[nH]1. The van der Waals surface area contributed by atoms with Crippen LogP contribution in [-0.2, 0) is 25.8 Å². The van der Waals surface area contributed by atoms with Crippen LogP contribution in [0.5, 0.6) is 0 Å². The summed E-state index contributed by atoms with van der Waals surface area (Å²) in [4.78, 5) is 14.3. The van der Waals surface area contributed by atoms with Gasteiger partial charge in [-0.25, -0.2) is 15.1 Å². The molecule has 0 unspecified atom stereocenters. The molecular formula is C29H27N5OS. The molecule has 0 radical (unpaired) electrons. The number of nitrogens with one attached hydrogen (secondary N) is 1. The molecular weight excluding hydrogens is 466 g/mol. The minimum Gasteiger partial charge on any atom is -0.348 e. The molecule has 1 aliphatic carbocycles. The van der Waals surface area contributed by atoms with Crippen molar-refractivity contribution in [3.63, 3.8) is 0 Å². The summed E-state index contributed by atoms with van der Waals surface area (Å²) in [6, 6.07) is 17.5. The highest BCUT2D eigenvalue weighted by molar-refractivity contribution is 7.71. The van der Waals surface area contributed by atoms with Gasteiger partial charge in [0, 0.05) is 12.1 Å². The van der Waals surface area contributed by atoms with Crippen LogP contribution in [0.2, 0.25) is 0 Å². The molecule has 180 valence electrons. The lowest BCUT2D eigenvalue weighted by molar-refractivity contribution is 0.403. The van der Waals surface area contributed by atoms with Crippen LogP contribution in [0.3, 0.4) is 0 Å². The average Bonchev–Trinajstić information content (AvgIpc) is 3.40. The first-order valence-electron chi connectivity index (χ1n) is 12.3. The average molecular weight is 494 g/mol. The molecule has 3 aromatic heterocycles. The van der Waals surface area contributed by atoms with Crippen molar-refractivity contribution in [2.24, 2.45) is 0 Å². The van der Waals surface area contributed by atoms with E-state index in [1.165, 1.54) is 33.4 Å². The van der Waals surface area contributed by atoms with E-state index in [0.29, 0.717) is 5.82 Å². The minimum atomic E-state index is 0.206. The first kappa shape index (κ1) is 22.6. The number of pyridine rings is 1. The van der Waals surface area contributed by atoms with Gasteiger partial charge in [0.2, 0.25) is 0 Å². The fraction of sp³-hybridized carbons (Fsp3) is 0.241. The first-order chi connectivity index (χ1) is 17.5. The third-order valence-corrected chi connectivity index (χ3v) is 7.10. The van der Waals surface area contributed by atoms with Gasteiger partial charge >= 0.3 is 4.84 Å². The van der Waals surface area contributed by atoms with E-state index in [1.54, 1.807) is 0 Å². The lowest BCUT2D eigenvalue weighted by Crippen LogP contribution is -2.07. The van der Waals surface area contributed by atoms with E-state index in [1.807, 2.05) is 13.0 Å². The molecule has 7 heteroatoms. The highest BCUT2D eigenvalue weighted by Crippen LogP contribution is 2.35. The molecule has 0 fully saturated rings. The largest absolute Gasteiger partial charge is 0.348 e. The van der Waals surface area contributed by atoms with Gasteiger partial charge in [0.05, 0.1) is 6.54 Å². The second kappa shape index (κ2) is 8.99. The second-order valence-electron chi connectivity index (χ2n) is 9.39. The zero-order chi connectivity index (χ0) is 24.8. The number of rotatable bonds is 4. The monoisotopic (exact) mass is 493 g/mol. The number of aromatic amines is 1. The van der Waals surface area contributed by atoms with Crippen molar-refractivity contribution in [2.45, 2.75) is 46.6 Å². The van der Waals surface area contributed by atoms with Gasteiger partial charge in [0.1, 0.15) is 11.3 Å². The molecule has 1 aliphatic rings. The zero-order valence-corrected chi connectivity index (χ0v) is 21.4. The number of H-pyrrole nitrogens is 1. The van der Waals surface area contributed by atoms with E-state index < -0.39 is 0 Å². The maximum atomic E-state index is 5.18. The van der Waals surface area contributed by atoms with Crippen molar-refractivity contribution >= 4 is 35.0 Å². The van der Waals surface area contributed by atoms with Gasteiger partial charge in [0.25, 0.3) is 0 Å². The summed E-state index contributed by atoms with van der Waals surface area (Å²) in [5, 5.41) is 2.83. The van der Waals surface area contributed by atoms with E-state index >= 15 is 0 Å². The number of hydrogen-bond donors (Lipinski definition) is 1. The number of imidazole rings is 1. The second-order valence-corrected chi connectivity index (χ2v) is 9.74. The van der Waals surface area contributed by atoms with Crippen LogP contribution in [0.15, 0.2) is 53.1 Å². The maximum absolute atomic E-state index is 5.18. The normalized spacial score (nSPS) is 14.1. The van der Waals surface area contributed by atoms with Crippen molar-refractivity contribution in [3.05, 3.63) is 104 Å². The van der Waals surface area contributed by atoms with Gasteiger partial charge in [-0.3, -0.25) is 0 Å². The van der Waals surface area contributed by atoms with Crippen molar-refractivity contribution < 1.29 is 4.52 Å². The van der Waals surface area contributed by atoms with E-state index in [0.717, 1.165) is 54.1 Å². The fourth-order valence-electron chi connectivity index (χ4n) is 5.29. The molecule has 6 rings (SSSR count). The van der Waals surface area contributed by atoms with Crippen molar-refractivity contribution in [1.29, 1.82) is 0 Å². The molecule has 0 atom stereocenters. The van der Waals surface area contributed by atoms with Crippen LogP contribution in [-0.4, -0.2) is 24.7 Å². The molecule has 0 aliphatic heterocycles. The minimum absolute atomic E-state index is 0.206. The topological polar surface area (TPSA) is 72.5 Å². The van der Waals surface area contributed by atoms with Crippen molar-refractivity contribution in [3.8, 4) is 0 Å². The lowest BCUT2D eigenvalue weighted by Gasteiger charge is -2.14. The molecule has 36 heavy (non-hydrogen) atoms. The fourth-order valence-corrected chi connectivity index (χ4v) is 5.43. The van der Waals surface area contributed by atoms with E-state index in [-0.39, 0.29) is 4.84 Å². The van der Waals surface area contributed by atoms with Crippen LogP contribution >= 0.6 is 12.2 Å². The van der Waals surface area contributed by atoms with E-state index in [9.17, 15) is 0 Å². The molecule has 0 amide bonds. The van der Waals surface area contributed by atoms with Gasteiger partial charge in [0.15, 0.2) is 11.5 Å². The van der Waals surface area contributed by atoms with E-state index in [2.05, 4.69) is 77.1 Å². The standard InChI is InChI=1S/C29H27N5OS/c1-4-26-32-27-17(2)13-18(3)30-28(27)34(26)16-19-9-12-23-21(14-19)11-10-20-7-5-6-8-22(20)24(23)15-25-31-29(36)35-33-25/h5-9,12-15H,4,10-11,16H2,1-3H3,(H,31,33,36)/b24-15+. The number of hydrogen-bond acceptors (Lipinski definition) is 5. The maximum Gasteiger partial charge on any atom is 0.314 e. The Balaban J connectivity index is 1.46. The number of nitrogens with zero attached hydrogens (tertiary/aromatic N) is 4. The van der Waals surface area contributed by atoms with E-state index in [4.69, 9.17) is 26.7 Å². The molecule has 5 aromatic rings. The summed E-state index contributed by atoms with van der Waals surface area (Å²) >= 11 is 5.07. The predicted molar refractivity (Wildman–Crippen MR) is 144 cm³/mol. The van der Waals surface area contributed by atoms with Gasteiger partial charge in [-0.1, -0.05) is 49.4 Å². The molecule has 2 aromatic carbocycles. The molecule has 0 spiro atoms. The lowest BCUT2D eigenvalue weighted by atomic mass is 9.92. The Morgan fingerprint density at radius 2 is 1.81 bits per heavy atom. The van der Waals surface area contributed by atoms with Crippen molar-refractivity contribution in [2.75, 3.05) is 0 Å². The molecule has 0 bridgehead atoms. The van der Waals surface area contributed by atoms with Gasteiger partial charge < -0.3 is 9.09 Å². The number of aromatic nitrogens is 5. The van der Waals surface area contributed by atoms with Crippen LogP contribution in [0, 0.1) is 18.7 Å². The summed E-state index contributed by atoms with van der Waals surface area (Å²) < 4.78 is 7.46. The number of fused-ring (bicyclic) bond motifs is 3. The highest BCUT2D eigenvalue weighted by atomic mass is 32.1. The Morgan fingerprint density at radius 3 is 2.61 bits per heavy atom. The smallest absolute Gasteiger partial charge is 0.314 e. The Labute approximate surface area is 214 Å². The number of aryl methyl sites for hydroxylation is 5. The zero-order valence-electron chi connectivity index (χ0n) is 20.6. The Hall–Kier alpha value is -3.84. The molecule has 0 saturated carbocycles. The van der Waals surface area contributed by atoms with Gasteiger partial charge in [-0.2, -0.15) is 4.98 Å². The Morgan fingerprint density at radius 1 is 1.00 bits per heavy atom. The molecule has 3 heterocycles. The quantitative estimate of drug-likeness (QED) is 0.294. The summed E-state index contributed by atoms with van der Waals surface area (Å²) in [5.41, 5.74) is 11.6. The third-order valence-electron chi connectivity index (χ3n) is 6.92. The highest BCUT2D eigenvalue weighted by Gasteiger charge is 2.20. The first-order valence-corrected chi connectivity index (χ1v) is 12.7. The van der Waals surface area contributed by atoms with Crippen LogP contribution < -0.4 is 0 Å². The van der Waals surface area contributed by atoms with Crippen LogP contribution in [0.25, 0.3) is 22.8 Å². The van der Waals surface area contributed by atoms with Gasteiger partial charge in [-0.05, 0) is 90.0 Å². The Bertz CT molecular complexity index is 1700. The predicted octanol–water partition coefficient (Wildman–Crippen LogP) is 6.39. The molecule has 0 saturated heterocycles. The summed E-state index contributed by atoms with van der Waals surface area (Å²) in [6.45, 7) is 7.05. The van der Waals surface area contributed by atoms with Gasteiger partial charge in [-0.15, -0.1) is 0 Å². The van der Waals surface area contributed by atoms with Crippen LogP contribution in [0.1, 0.15) is 57.6 Å². The summed E-state index contributed by atoms with van der Waals surface area (Å²) in [5.74, 6) is 1.69. The molecule has 6 nitrogen and oxygen atoms in total.